The van der Waals surface area contributed by atoms with E-state index in [1.54, 1.807) is 25.1 Å². The van der Waals surface area contributed by atoms with Crippen molar-refractivity contribution in [3.05, 3.63) is 90.3 Å². The zero-order chi connectivity index (χ0) is 26.2. The van der Waals surface area contributed by atoms with Gasteiger partial charge in [0.2, 0.25) is 5.89 Å². The van der Waals surface area contributed by atoms with Crippen LogP contribution < -0.4 is 9.47 Å². The molecule has 188 valence electrons. The lowest BCUT2D eigenvalue weighted by Gasteiger charge is -2.12. The summed E-state index contributed by atoms with van der Waals surface area (Å²) < 4.78 is 22.4. The number of hydrogen-bond donors (Lipinski definition) is 1. The van der Waals surface area contributed by atoms with Gasteiger partial charge in [0.15, 0.2) is 23.9 Å². The third-order valence-corrected chi connectivity index (χ3v) is 5.30. The molecule has 1 N–H and O–H groups in total. The molecule has 0 unspecified atom stereocenters. The molecule has 8 heteroatoms. The molecule has 0 spiro atoms. The SMILES string of the molecule is CCOC(=O)/C(=C\c1cccc(OCC(=O)O)c1OC)c1nc(-c2ccccc2)c(-c2ccccc2)o1. The molecule has 37 heavy (non-hydrogen) atoms. The number of rotatable bonds is 10. The molecule has 3 aromatic carbocycles. The van der Waals surface area contributed by atoms with E-state index >= 15 is 0 Å². The number of carbonyl (C=O) groups excluding carboxylic acids is 1. The van der Waals surface area contributed by atoms with Gasteiger partial charge >= 0.3 is 11.9 Å². The van der Waals surface area contributed by atoms with E-state index in [1.165, 1.54) is 13.2 Å². The van der Waals surface area contributed by atoms with E-state index in [-0.39, 0.29) is 29.6 Å². The van der Waals surface area contributed by atoms with Crippen molar-refractivity contribution in [1.82, 2.24) is 4.98 Å². The molecule has 0 saturated heterocycles. The molecule has 4 rings (SSSR count). The van der Waals surface area contributed by atoms with E-state index < -0.39 is 18.5 Å². The molecule has 0 saturated carbocycles. The van der Waals surface area contributed by atoms with Crippen molar-refractivity contribution in [2.75, 3.05) is 20.3 Å². The summed E-state index contributed by atoms with van der Waals surface area (Å²) in [5.41, 5.74) is 2.71. The maximum atomic E-state index is 13.1. The van der Waals surface area contributed by atoms with Crippen molar-refractivity contribution in [3.8, 4) is 34.1 Å². The van der Waals surface area contributed by atoms with Crippen molar-refractivity contribution in [2.24, 2.45) is 0 Å². The van der Waals surface area contributed by atoms with Gasteiger partial charge in [-0.2, -0.15) is 0 Å². The second-order valence-corrected chi connectivity index (χ2v) is 7.77. The van der Waals surface area contributed by atoms with Gasteiger partial charge in [-0.1, -0.05) is 72.8 Å². The molecule has 0 aliphatic carbocycles. The Kier molecular flexibility index (Phi) is 8.00. The van der Waals surface area contributed by atoms with Crippen LogP contribution in [0.25, 0.3) is 34.2 Å². The smallest absolute Gasteiger partial charge is 0.343 e. The van der Waals surface area contributed by atoms with E-state index in [1.807, 2.05) is 60.7 Å². The highest BCUT2D eigenvalue weighted by atomic mass is 16.5. The number of carboxylic acid groups (broad SMARTS) is 1. The first-order valence-corrected chi connectivity index (χ1v) is 11.5. The maximum Gasteiger partial charge on any atom is 0.343 e. The van der Waals surface area contributed by atoms with Crippen LogP contribution in [0.5, 0.6) is 11.5 Å². The Morgan fingerprint density at radius 1 is 0.946 bits per heavy atom. The van der Waals surface area contributed by atoms with Crippen LogP contribution in [-0.2, 0) is 14.3 Å². The molecule has 0 radical (unpaired) electrons. The second kappa shape index (κ2) is 11.7. The molecule has 0 amide bonds. The second-order valence-electron chi connectivity index (χ2n) is 7.77. The van der Waals surface area contributed by atoms with Crippen LogP contribution in [0.2, 0.25) is 0 Å². The topological polar surface area (TPSA) is 108 Å². The fourth-order valence-electron chi connectivity index (χ4n) is 3.70. The summed E-state index contributed by atoms with van der Waals surface area (Å²) in [5, 5.41) is 8.99. The first kappa shape index (κ1) is 25.2. The summed E-state index contributed by atoms with van der Waals surface area (Å²) in [6, 6.07) is 23.9. The Balaban J connectivity index is 1.88. The monoisotopic (exact) mass is 499 g/mol. The molecular formula is C29H25NO7. The van der Waals surface area contributed by atoms with E-state index in [9.17, 15) is 9.59 Å². The number of ether oxygens (including phenoxy) is 3. The minimum absolute atomic E-state index is 0.0647. The van der Waals surface area contributed by atoms with Gasteiger partial charge in [0.05, 0.1) is 13.7 Å². The van der Waals surface area contributed by atoms with Crippen molar-refractivity contribution < 1.29 is 33.3 Å². The summed E-state index contributed by atoms with van der Waals surface area (Å²) in [7, 11) is 1.43. The van der Waals surface area contributed by atoms with Crippen molar-refractivity contribution in [1.29, 1.82) is 0 Å². The van der Waals surface area contributed by atoms with Crippen molar-refractivity contribution in [3.63, 3.8) is 0 Å². The van der Waals surface area contributed by atoms with Gasteiger partial charge in [0, 0.05) is 16.7 Å². The van der Waals surface area contributed by atoms with E-state index in [2.05, 4.69) is 0 Å². The predicted octanol–water partition coefficient (Wildman–Crippen LogP) is 5.58. The highest BCUT2D eigenvalue weighted by Crippen LogP contribution is 2.37. The largest absolute Gasteiger partial charge is 0.492 e. The number of carbonyl (C=O) groups is 2. The summed E-state index contributed by atoms with van der Waals surface area (Å²) in [4.78, 5) is 28.8. The third kappa shape index (κ3) is 5.87. The molecule has 1 aromatic heterocycles. The van der Waals surface area contributed by atoms with E-state index in [0.29, 0.717) is 17.0 Å². The maximum absolute atomic E-state index is 13.1. The van der Waals surface area contributed by atoms with Gasteiger partial charge in [-0.3, -0.25) is 0 Å². The summed E-state index contributed by atoms with van der Waals surface area (Å²) in [5.74, 6) is -0.732. The lowest BCUT2D eigenvalue weighted by Crippen LogP contribution is -2.10. The van der Waals surface area contributed by atoms with Gasteiger partial charge in [0.1, 0.15) is 11.3 Å². The lowest BCUT2D eigenvalue weighted by molar-refractivity contribution is -0.139. The van der Waals surface area contributed by atoms with Crippen LogP contribution >= 0.6 is 0 Å². The molecule has 4 aromatic rings. The first-order chi connectivity index (χ1) is 18.0. The standard InChI is InChI=1S/C29H25NO7/c1-3-35-29(33)22(17-21-15-10-16-23(26(21)34-2)36-18-24(31)32)28-30-25(19-11-6-4-7-12-19)27(37-28)20-13-8-5-9-14-20/h4-17H,3,18H2,1-2H3,(H,31,32)/b22-17-. The van der Waals surface area contributed by atoms with Gasteiger partial charge in [-0.25, -0.2) is 14.6 Å². The van der Waals surface area contributed by atoms with Crippen LogP contribution in [0.1, 0.15) is 18.4 Å². The quantitative estimate of drug-likeness (QED) is 0.222. The van der Waals surface area contributed by atoms with Crippen molar-refractivity contribution in [2.45, 2.75) is 6.92 Å². The van der Waals surface area contributed by atoms with Crippen LogP contribution in [0, 0.1) is 0 Å². The average Bonchev–Trinajstić information content (AvgIpc) is 3.36. The Hall–Kier alpha value is -4.85. The first-order valence-electron chi connectivity index (χ1n) is 11.5. The molecular weight excluding hydrogens is 474 g/mol. The number of para-hydroxylation sites is 1. The molecule has 1 heterocycles. The van der Waals surface area contributed by atoms with E-state index in [4.69, 9.17) is 28.7 Å². The third-order valence-electron chi connectivity index (χ3n) is 5.30. The summed E-state index contributed by atoms with van der Waals surface area (Å²) >= 11 is 0. The minimum atomic E-state index is -1.13. The highest BCUT2D eigenvalue weighted by Gasteiger charge is 2.25. The molecule has 0 bridgehead atoms. The van der Waals surface area contributed by atoms with Crippen molar-refractivity contribution >= 4 is 23.6 Å². The molecule has 0 aliphatic rings. The predicted molar refractivity (Wildman–Crippen MR) is 138 cm³/mol. The Labute approximate surface area is 213 Å². The number of benzene rings is 3. The average molecular weight is 500 g/mol. The summed E-state index contributed by atoms with van der Waals surface area (Å²) in [6.45, 7) is 1.30. The zero-order valence-electron chi connectivity index (χ0n) is 20.3. The number of nitrogens with zero attached hydrogens (tertiary/aromatic N) is 1. The van der Waals surface area contributed by atoms with Crippen LogP contribution in [0.3, 0.4) is 0 Å². The number of methoxy groups -OCH3 is 1. The summed E-state index contributed by atoms with van der Waals surface area (Å²) in [6.07, 6.45) is 1.53. The van der Waals surface area contributed by atoms with Crippen LogP contribution in [0.4, 0.5) is 0 Å². The van der Waals surface area contributed by atoms with Gasteiger partial charge in [-0.15, -0.1) is 0 Å². The molecule has 0 aliphatic heterocycles. The number of hydrogen-bond acceptors (Lipinski definition) is 7. The fourth-order valence-corrected chi connectivity index (χ4v) is 3.70. The Bertz CT molecular complexity index is 1350. The lowest BCUT2D eigenvalue weighted by atomic mass is 10.1. The molecule has 0 atom stereocenters. The zero-order valence-corrected chi connectivity index (χ0v) is 20.3. The van der Waals surface area contributed by atoms with Gasteiger partial charge < -0.3 is 23.7 Å². The number of carboxylic acids is 1. The number of oxazole rings is 1. The molecule has 8 nitrogen and oxygen atoms in total. The van der Waals surface area contributed by atoms with E-state index in [0.717, 1.165) is 11.1 Å². The number of aromatic nitrogens is 1. The van der Waals surface area contributed by atoms with Crippen LogP contribution in [-0.4, -0.2) is 42.4 Å². The van der Waals surface area contributed by atoms with Gasteiger partial charge in [0.25, 0.3) is 0 Å². The Morgan fingerprint density at radius 2 is 1.62 bits per heavy atom. The number of esters is 1. The number of aliphatic carboxylic acids is 1. The van der Waals surface area contributed by atoms with Crippen LogP contribution in [0.15, 0.2) is 83.3 Å². The fraction of sp³-hybridized carbons (Fsp3) is 0.138. The van der Waals surface area contributed by atoms with Gasteiger partial charge in [-0.05, 0) is 19.1 Å². The minimum Gasteiger partial charge on any atom is -0.492 e. The Morgan fingerprint density at radius 3 is 2.24 bits per heavy atom. The molecule has 0 fully saturated rings. The normalized spacial score (nSPS) is 11.1. The highest BCUT2D eigenvalue weighted by molar-refractivity contribution is 6.20.